The Morgan fingerprint density at radius 1 is 1.06 bits per heavy atom. The van der Waals surface area contributed by atoms with Gasteiger partial charge in [0.1, 0.15) is 16.2 Å². The molecular formula is C24H22Cl2N4O3S. The van der Waals surface area contributed by atoms with E-state index in [0.717, 1.165) is 22.3 Å². The van der Waals surface area contributed by atoms with Gasteiger partial charge in [-0.2, -0.15) is 0 Å². The van der Waals surface area contributed by atoms with Gasteiger partial charge in [-0.25, -0.2) is 18.5 Å². The van der Waals surface area contributed by atoms with Gasteiger partial charge < -0.3 is 10.1 Å². The molecule has 0 fully saturated rings. The molecule has 0 aliphatic heterocycles. The summed E-state index contributed by atoms with van der Waals surface area (Å²) in [6.45, 7) is 2.67. The second kappa shape index (κ2) is 10.1. The smallest absolute Gasteiger partial charge is 0.239 e. The van der Waals surface area contributed by atoms with E-state index in [-0.39, 0.29) is 17.9 Å². The molecule has 2 aromatic heterocycles. The van der Waals surface area contributed by atoms with Crippen LogP contribution in [0.3, 0.4) is 0 Å². The van der Waals surface area contributed by atoms with Crippen molar-refractivity contribution in [3.63, 3.8) is 0 Å². The maximum atomic E-state index is 11.8. The Bertz CT molecular complexity index is 1460. The van der Waals surface area contributed by atoms with Gasteiger partial charge in [0, 0.05) is 35.9 Å². The molecule has 3 N–H and O–H groups in total. The molecule has 34 heavy (non-hydrogen) atoms. The zero-order valence-electron chi connectivity index (χ0n) is 18.3. The number of rotatable bonds is 8. The summed E-state index contributed by atoms with van der Waals surface area (Å²) in [5, 5.41) is 10.6. The fraction of sp³-hybridized carbons (Fsp3) is 0.167. The van der Waals surface area contributed by atoms with E-state index < -0.39 is 10.0 Å². The Labute approximate surface area is 207 Å². The minimum atomic E-state index is -3.86. The predicted molar refractivity (Wildman–Crippen MR) is 135 cm³/mol. The van der Waals surface area contributed by atoms with E-state index in [1.807, 2.05) is 43.3 Å². The van der Waals surface area contributed by atoms with Crippen LogP contribution >= 0.6 is 23.2 Å². The lowest BCUT2D eigenvalue weighted by Crippen LogP contribution is -2.16. The highest BCUT2D eigenvalue weighted by atomic mass is 35.5. The molecule has 0 spiro atoms. The number of primary sulfonamides is 1. The van der Waals surface area contributed by atoms with Crippen molar-refractivity contribution in [2.45, 2.75) is 24.8 Å². The van der Waals surface area contributed by atoms with Crippen LogP contribution in [0.4, 0.5) is 5.69 Å². The van der Waals surface area contributed by atoms with Crippen molar-refractivity contribution in [2.75, 3.05) is 11.9 Å². The molecule has 2 heterocycles. The van der Waals surface area contributed by atoms with Crippen molar-refractivity contribution in [1.82, 2.24) is 9.97 Å². The number of pyridine rings is 2. The molecule has 176 valence electrons. The first kappa shape index (κ1) is 24.2. The number of sulfonamides is 1. The molecule has 0 amide bonds. The summed E-state index contributed by atoms with van der Waals surface area (Å²) < 4.78 is 29.6. The predicted octanol–water partition coefficient (Wildman–Crippen LogP) is 5.13. The van der Waals surface area contributed by atoms with Crippen molar-refractivity contribution >= 4 is 49.8 Å². The summed E-state index contributed by atoms with van der Waals surface area (Å²) in [6.07, 6.45) is 1.80. The summed E-state index contributed by atoms with van der Waals surface area (Å²) in [5.41, 5.74) is 3.78. The first-order valence-corrected chi connectivity index (χ1v) is 12.7. The first-order chi connectivity index (χ1) is 16.2. The zero-order valence-corrected chi connectivity index (χ0v) is 20.6. The fourth-order valence-electron chi connectivity index (χ4n) is 3.59. The first-order valence-electron chi connectivity index (χ1n) is 10.4. The third-order valence-corrected chi connectivity index (χ3v) is 6.87. The van der Waals surface area contributed by atoms with Crippen LogP contribution in [0.1, 0.15) is 17.0 Å². The minimum Gasteiger partial charge on any atom is -0.491 e. The van der Waals surface area contributed by atoms with Crippen LogP contribution in [0.25, 0.3) is 10.9 Å². The minimum absolute atomic E-state index is 0.000668. The second-order valence-corrected chi connectivity index (χ2v) is 10.0. The number of nitrogens with two attached hydrogens (primary N) is 1. The number of anilines is 1. The van der Waals surface area contributed by atoms with Crippen LogP contribution in [0.15, 0.2) is 65.7 Å². The van der Waals surface area contributed by atoms with Crippen LogP contribution in [0.2, 0.25) is 10.0 Å². The van der Waals surface area contributed by atoms with E-state index in [2.05, 4.69) is 15.3 Å². The van der Waals surface area contributed by atoms with Crippen LogP contribution in [-0.2, 0) is 23.0 Å². The van der Waals surface area contributed by atoms with Gasteiger partial charge in [-0.05, 0) is 48.9 Å². The molecule has 2 aromatic carbocycles. The fourth-order valence-corrected chi connectivity index (χ4v) is 4.66. The maximum absolute atomic E-state index is 11.8. The highest BCUT2D eigenvalue weighted by Gasteiger charge is 2.15. The average Bonchev–Trinajstić information content (AvgIpc) is 2.79. The molecule has 0 saturated heterocycles. The standard InChI is InChI=1S/C24H22Cl2N4O3S/c1-15-12-21(29-14-16-7-8-18(25)19(26)13-16)17-4-2-5-22(24(17)30-15)33-11-9-20-23(34(27,31)32)6-3-10-28-20/h2-8,10,12-13H,9,11,14H2,1H3,(H,29,30)(H2,27,31,32). The number of nitrogens with one attached hydrogen (secondary N) is 1. The number of para-hydroxylation sites is 1. The molecule has 4 aromatic rings. The van der Waals surface area contributed by atoms with Crippen LogP contribution in [0.5, 0.6) is 5.75 Å². The average molecular weight is 517 g/mol. The van der Waals surface area contributed by atoms with Gasteiger partial charge in [0.25, 0.3) is 0 Å². The number of ether oxygens (including phenoxy) is 1. The monoisotopic (exact) mass is 516 g/mol. The van der Waals surface area contributed by atoms with Crippen molar-refractivity contribution in [3.8, 4) is 5.75 Å². The molecule has 0 radical (unpaired) electrons. The van der Waals surface area contributed by atoms with Crippen molar-refractivity contribution in [2.24, 2.45) is 5.14 Å². The maximum Gasteiger partial charge on any atom is 0.239 e. The number of benzene rings is 2. The number of hydrogen-bond acceptors (Lipinski definition) is 6. The lowest BCUT2D eigenvalue weighted by atomic mass is 10.1. The van der Waals surface area contributed by atoms with E-state index in [9.17, 15) is 8.42 Å². The van der Waals surface area contributed by atoms with Gasteiger partial charge in [0.2, 0.25) is 10.0 Å². The molecule has 0 bridgehead atoms. The molecular weight excluding hydrogens is 495 g/mol. The van der Waals surface area contributed by atoms with Gasteiger partial charge in [0.05, 0.1) is 22.3 Å². The summed E-state index contributed by atoms with van der Waals surface area (Å²) in [5.74, 6) is 0.590. The molecule has 0 saturated carbocycles. The summed E-state index contributed by atoms with van der Waals surface area (Å²) in [6, 6.07) is 16.1. The SMILES string of the molecule is Cc1cc(NCc2ccc(Cl)c(Cl)c2)c2cccc(OCCc3ncccc3S(N)(=O)=O)c2n1. The molecule has 10 heteroatoms. The van der Waals surface area contributed by atoms with Crippen LogP contribution in [-0.4, -0.2) is 25.0 Å². The molecule has 0 aliphatic carbocycles. The molecule has 0 atom stereocenters. The zero-order chi connectivity index (χ0) is 24.3. The summed E-state index contributed by atoms with van der Waals surface area (Å²) >= 11 is 12.1. The van der Waals surface area contributed by atoms with Crippen LogP contribution < -0.4 is 15.2 Å². The second-order valence-electron chi connectivity index (χ2n) is 7.66. The Morgan fingerprint density at radius 2 is 1.88 bits per heavy atom. The Morgan fingerprint density at radius 3 is 2.65 bits per heavy atom. The molecule has 0 aliphatic rings. The van der Waals surface area contributed by atoms with Gasteiger partial charge in [0.15, 0.2) is 0 Å². The largest absolute Gasteiger partial charge is 0.491 e. The Balaban J connectivity index is 1.54. The van der Waals surface area contributed by atoms with Gasteiger partial charge >= 0.3 is 0 Å². The van der Waals surface area contributed by atoms with E-state index >= 15 is 0 Å². The number of nitrogens with zero attached hydrogens (tertiary/aromatic N) is 2. The van der Waals surface area contributed by atoms with E-state index in [1.54, 1.807) is 6.07 Å². The number of aromatic nitrogens is 2. The Kier molecular flexibility index (Phi) is 7.23. The number of hydrogen-bond donors (Lipinski definition) is 2. The molecule has 0 unspecified atom stereocenters. The van der Waals surface area contributed by atoms with Crippen molar-refractivity contribution in [1.29, 1.82) is 0 Å². The summed E-state index contributed by atoms with van der Waals surface area (Å²) in [7, 11) is -3.86. The summed E-state index contributed by atoms with van der Waals surface area (Å²) in [4.78, 5) is 8.81. The van der Waals surface area contributed by atoms with Crippen LogP contribution in [0, 0.1) is 6.92 Å². The highest BCUT2D eigenvalue weighted by Crippen LogP contribution is 2.31. The van der Waals surface area contributed by atoms with Gasteiger partial charge in [-0.1, -0.05) is 41.4 Å². The normalized spacial score (nSPS) is 11.5. The van der Waals surface area contributed by atoms with E-state index in [4.69, 9.17) is 33.1 Å². The number of halogens is 2. The lowest BCUT2D eigenvalue weighted by Gasteiger charge is -2.14. The third kappa shape index (κ3) is 5.59. The van der Waals surface area contributed by atoms with Crippen molar-refractivity contribution < 1.29 is 13.2 Å². The van der Waals surface area contributed by atoms with Crippen molar-refractivity contribution in [3.05, 3.63) is 87.8 Å². The quantitative estimate of drug-likeness (QED) is 0.336. The Hall–Kier alpha value is -2.91. The van der Waals surface area contributed by atoms with E-state index in [1.165, 1.54) is 18.3 Å². The van der Waals surface area contributed by atoms with Gasteiger partial charge in [-0.15, -0.1) is 0 Å². The lowest BCUT2D eigenvalue weighted by molar-refractivity contribution is 0.322. The number of aryl methyl sites for hydroxylation is 1. The molecule has 7 nitrogen and oxygen atoms in total. The van der Waals surface area contributed by atoms with Gasteiger partial charge in [-0.3, -0.25) is 4.98 Å². The molecule has 4 rings (SSSR count). The number of fused-ring (bicyclic) bond motifs is 1. The topological polar surface area (TPSA) is 107 Å². The highest BCUT2D eigenvalue weighted by molar-refractivity contribution is 7.89. The third-order valence-electron chi connectivity index (χ3n) is 5.15. The van der Waals surface area contributed by atoms with E-state index in [0.29, 0.717) is 33.6 Å².